The van der Waals surface area contributed by atoms with Gasteiger partial charge in [-0.2, -0.15) is 0 Å². The molecule has 0 saturated heterocycles. The summed E-state index contributed by atoms with van der Waals surface area (Å²) < 4.78 is 22.3. The Morgan fingerprint density at radius 2 is 1.96 bits per heavy atom. The van der Waals surface area contributed by atoms with Gasteiger partial charge in [-0.1, -0.05) is 18.2 Å². The molecule has 25 heavy (non-hydrogen) atoms. The van der Waals surface area contributed by atoms with Gasteiger partial charge in [0.25, 0.3) is 0 Å². The Labute approximate surface area is 142 Å². The van der Waals surface area contributed by atoms with Crippen LogP contribution in [0.5, 0.6) is 11.5 Å². The first kappa shape index (κ1) is 15.3. The highest BCUT2D eigenvalue weighted by molar-refractivity contribution is 5.73. The monoisotopic (exact) mass is 341 g/mol. The summed E-state index contributed by atoms with van der Waals surface area (Å²) in [5.41, 5.74) is 1.97. The minimum absolute atomic E-state index is 0.0774. The number of carbonyl (C=O) groups excluding carboxylic acids is 1. The fourth-order valence-corrected chi connectivity index (χ4v) is 2.70. The van der Waals surface area contributed by atoms with E-state index < -0.39 is 11.7 Å². The molecular formula is C18H15NO6. The largest absolute Gasteiger partial charge is 0.461 e. The predicted octanol–water partition coefficient (Wildman–Crippen LogP) is 2.46. The van der Waals surface area contributed by atoms with Crippen LogP contribution in [0.2, 0.25) is 0 Å². The maximum atomic E-state index is 12.0. The summed E-state index contributed by atoms with van der Waals surface area (Å²) >= 11 is 0. The SMILES string of the molecule is O=C(CCn1c(=O)oc2ccccc21)OCc1ccc2c(c1)OCO2. The number of aromatic nitrogens is 1. The van der Waals surface area contributed by atoms with Crippen LogP contribution in [0, 0.1) is 0 Å². The zero-order valence-corrected chi connectivity index (χ0v) is 13.3. The number of hydrogen-bond donors (Lipinski definition) is 0. The topological polar surface area (TPSA) is 79.9 Å². The van der Waals surface area contributed by atoms with E-state index in [2.05, 4.69) is 0 Å². The fourth-order valence-electron chi connectivity index (χ4n) is 2.70. The zero-order chi connectivity index (χ0) is 17.2. The summed E-state index contributed by atoms with van der Waals surface area (Å²) in [6.07, 6.45) is 0.0774. The lowest BCUT2D eigenvalue weighted by atomic mass is 10.2. The third-order valence-electron chi connectivity index (χ3n) is 3.95. The quantitative estimate of drug-likeness (QED) is 0.663. The van der Waals surface area contributed by atoms with Crippen LogP contribution in [-0.4, -0.2) is 17.3 Å². The van der Waals surface area contributed by atoms with Crippen molar-refractivity contribution in [3.63, 3.8) is 0 Å². The molecule has 0 fully saturated rings. The lowest BCUT2D eigenvalue weighted by Gasteiger charge is -2.06. The normalized spacial score (nSPS) is 12.5. The Morgan fingerprint density at radius 1 is 1.12 bits per heavy atom. The van der Waals surface area contributed by atoms with Crippen LogP contribution >= 0.6 is 0 Å². The lowest BCUT2D eigenvalue weighted by molar-refractivity contribution is -0.145. The predicted molar refractivity (Wildman–Crippen MR) is 87.5 cm³/mol. The molecule has 0 spiro atoms. The van der Waals surface area contributed by atoms with Gasteiger partial charge in [-0.05, 0) is 29.8 Å². The van der Waals surface area contributed by atoms with E-state index in [1.54, 1.807) is 30.3 Å². The lowest BCUT2D eigenvalue weighted by Crippen LogP contribution is -2.17. The second kappa shape index (κ2) is 6.35. The maximum absolute atomic E-state index is 12.0. The molecule has 0 bridgehead atoms. The van der Waals surface area contributed by atoms with E-state index in [-0.39, 0.29) is 26.4 Å². The summed E-state index contributed by atoms with van der Waals surface area (Å²) in [7, 11) is 0. The van der Waals surface area contributed by atoms with Crippen LogP contribution in [-0.2, 0) is 22.7 Å². The Morgan fingerprint density at radius 3 is 2.88 bits per heavy atom. The van der Waals surface area contributed by atoms with Crippen molar-refractivity contribution in [2.24, 2.45) is 0 Å². The molecule has 7 heteroatoms. The number of oxazole rings is 1. The van der Waals surface area contributed by atoms with E-state index in [9.17, 15) is 9.59 Å². The van der Waals surface area contributed by atoms with Crippen LogP contribution in [0.4, 0.5) is 0 Å². The van der Waals surface area contributed by atoms with Gasteiger partial charge in [0, 0.05) is 6.54 Å². The molecule has 3 aromatic rings. The number of carbonyl (C=O) groups is 1. The Bertz CT molecular complexity index is 987. The number of fused-ring (bicyclic) bond motifs is 2. The minimum atomic E-state index is -0.482. The first-order chi connectivity index (χ1) is 12.2. The summed E-state index contributed by atoms with van der Waals surface area (Å²) in [6, 6.07) is 12.5. The average Bonchev–Trinajstić information content (AvgIpc) is 3.21. The molecule has 0 amide bonds. The Hall–Kier alpha value is -3.22. The number of aryl methyl sites for hydroxylation is 1. The highest BCUT2D eigenvalue weighted by Gasteiger charge is 2.14. The number of benzene rings is 2. The van der Waals surface area contributed by atoms with Gasteiger partial charge >= 0.3 is 11.7 Å². The van der Waals surface area contributed by atoms with E-state index in [4.69, 9.17) is 18.6 Å². The van der Waals surface area contributed by atoms with Crippen molar-refractivity contribution in [2.45, 2.75) is 19.6 Å². The summed E-state index contributed by atoms with van der Waals surface area (Å²) in [4.78, 5) is 23.8. The molecule has 4 rings (SSSR count). The van der Waals surface area contributed by atoms with Gasteiger partial charge in [0.2, 0.25) is 6.79 Å². The van der Waals surface area contributed by atoms with Crippen LogP contribution in [0.25, 0.3) is 11.1 Å². The molecule has 2 heterocycles. The van der Waals surface area contributed by atoms with Crippen molar-refractivity contribution in [3.8, 4) is 11.5 Å². The maximum Gasteiger partial charge on any atom is 0.419 e. The van der Waals surface area contributed by atoms with Crippen LogP contribution in [0.1, 0.15) is 12.0 Å². The van der Waals surface area contributed by atoms with Crippen molar-refractivity contribution < 1.29 is 23.4 Å². The molecule has 0 radical (unpaired) electrons. The summed E-state index contributed by atoms with van der Waals surface area (Å²) in [5, 5.41) is 0. The standard InChI is InChI=1S/C18H15NO6/c20-17(22-10-12-5-6-15-16(9-12)24-11-23-15)7-8-19-13-3-1-2-4-14(13)25-18(19)21/h1-6,9H,7-8,10-11H2. The number of hydrogen-bond acceptors (Lipinski definition) is 6. The van der Waals surface area contributed by atoms with Crippen molar-refractivity contribution in [2.75, 3.05) is 6.79 Å². The van der Waals surface area contributed by atoms with E-state index in [0.717, 1.165) is 5.56 Å². The van der Waals surface area contributed by atoms with Gasteiger partial charge in [0.05, 0.1) is 11.9 Å². The van der Waals surface area contributed by atoms with Gasteiger partial charge < -0.3 is 18.6 Å². The molecule has 0 N–H and O–H groups in total. The molecule has 1 aliphatic rings. The second-order valence-corrected chi connectivity index (χ2v) is 5.59. The number of esters is 1. The van der Waals surface area contributed by atoms with Gasteiger partial charge in [0.15, 0.2) is 17.1 Å². The van der Waals surface area contributed by atoms with Crippen molar-refractivity contribution in [1.29, 1.82) is 0 Å². The van der Waals surface area contributed by atoms with Gasteiger partial charge in [0.1, 0.15) is 6.61 Å². The highest BCUT2D eigenvalue weighted by atomic mass is 16.7. The number of para-hydroxylation sites is 2. The fraction of sp³-hybridized carbons (Fsp3) is 0.222. The molecule has 0 unspecified atom stereocenters. The second-order valence-electron chi connectivity index (χ2n) is 5.59. The van der Waals surface area contributed by atoms with Crippen LogP contribution in [0.3, 0.4) is 0 Å². The molecular weight excluding hydrogens is 326 g/mol. The highest BCUT2D eigenvalue weighted by Crippen LogP contribution is 2.32. The first-order valence-electron chi connectivity index (χ1n) is 7.83. The minimum Gasteiger partial charge on any atom is -0.461 e. The smallest absolute Gasteiger partial charge is 0.419 e. The van der Waals surface area contributed by atoms with Crippen molar-refractivity contribution >= 4 is 17.1 Å². The van der Waals surface area contributed by atoms with Crippen LogP contribution in [0.15, 0.2) is 51.7 Å². The van der Waals surface area contributed by atoms with Crippen molar-refractivity contribution in [3.05, 3.63) is 58.6 Å². The molecule has 2 aromatic carbocycles. The molecule has 128 valence electrons. The first-order valence-corrected chi connectivity index (χ1v) is 7.83. The van der Waals surface area contributed by atoms with Crippen molar-refractivity contribution in [1.82, 2.24) is 4.57 Å². The summed E-state index contributed by atoms with van der Waals surface area (Å²) in [6.45, 7) is 0.540. The third kappa shape index (κ3) is 3.08. The Balaban J connectivity index is 1.36. The average molecular weight is 341 g/mol. The molecule has 1 aliphatic heterocycles. The molecule has 7 nitrogen and oxygen atoms in total. The third-order valence-corrected chi connectivity index (χ3v) is 3.95. The number of rotatable bonds is 5. The van der Waals surface area contributed by atoms with E-state index in [1.807, 2.05) is 12.1 Å². The molecule has 0 atom stereocenters. The van der Waals surface area contributed by atoms with Gasteiger partial charge in [-0.15, -0.1) is 0 Å². The molecule has 1 aromatic heterocycles. The molecule has 0 saturated carbocycles. The Kier molecular flexibility index (Phi) is 3.89. The number of nitrogens with zero attached hydrogens (tertiary/aromatic N) is 1. The van der Waals surface area contributed by atoms with E-state index in [0.29, 0.717) is 22.6 Å². The van der Waals surface area contributed by atoms with E-state index >= 15 is 0 Å². The zero-order valence-electron chi connectivity index (χ0n) is 13.3. The number of ether oxygens (including phenoxy) is 3. The summed E-state index contributed by atoms with van der Waals surface area (Å²) in [5.74, 6) is 0.450. The van der Waals surface area contributed by atoms with Gasteiger partial charge in [-0.3, -0.25) is 9.36 Å². The van der Waals surface area contributed by atoms with E-state index in [1.165, 1.54) is 4.57 Å². The van der Waals surface area contributed by atoms with Gasteiger partial charge in [-0.25, -0.2) is 4.79 Å². The molecule has 0 aliphatic carbocycles. The van der Waals surface area contributed by atoms with Crippen LogP contribution < -0.4 is 15.2 Å².